The van der Waals surface area contributed by atoms with Gasteiger partial charge < -0.3 is 11.1 Å². The van der Waals surface area contributed by atoms with Crippen molar-refractivity contribution in [2.24, 2.45) is 5.73 Å². The third kappa shape index (κ3) is 3.66. The number of thiocarbonyl (C=S) groups is 1. The van der Waals surface area contributed by atoms with Crippen molar-refractivity contribution in [3.63, 3.8) is 0 Å². The SMILES string of the molecule is CC(C)(NC(=O)c1cc(Cl)ccc1Br)C(N)=S. The molecule has 0 spiro atoms. The summed E-state index contributed by atoms with van der Waals surface area (Å²) >= 11 is 14.0. The fraction of sp³-hybridized carbons (Fsp3) is 0.273. The minimum atomic E-state index is -0.742. The van der Waals surface area contributed by atoms with Crippen molar-refractivity contribution in [1.82, 2.24) is 5.32 Å². The number of nitrogens with one attached hydrogen (secondary N) is 1. The largest absolute Gasteiger partial charge is 0.391 e. The van der Waals surface area contributed by atoms with E-state index in [0.717, 1.165) is 0 Å². The molecule has 0 fully saturated rings. The predicted molar refractivity (Wildman–Crippen MR) is 77.5 cm³/mol. The average Bonchev–Trinajstić information content (AvgIpc) is 2.20. The van der Waals surface area contributed by atoms with Crippen LogP contribution in [-0.2, 0) is 0 Å². The fourth-order valence-electron chi connectivity index (χ4n) is 1.08. The van der Waals surface area contributed by atoms with Gasteiger partial charge in [-0.05, 0) is 48.0 Å². The van der Waals surface area contributed by atoms with E-state index in [-0.39, 0.29) is 10.9 Å². The van der Waals surface area contributed by atoms with E-state index in [1.165, 1.54) is 0 Å². The van der Waals surface area contributed by atoms with Gasteiger partial charge in [-0.3, -0.25) is 4.79 Å². The molecule has 0 radical (unpaired) electrons. The second kappa shape index (κ2) is 5.33. The first-order valence-corrected chi connectivity index (χ1v) is 6.39. The highest BCUT2D eigenvalue weighted by Crippen LogP contribution is 2.21. The number of carbonyl (C=O) groups is 1. The maximum Gasteiger partial charge on any atom is 0.253 e. The number of carbonyl (C=O) groups excluding carboxylic acids is 1. The van der Waals surface area contributed by atoms with E-state index in [1.54, 1.807) is 32.0 Å². The summed E-state index contributed by atoms with van der Waals surface area (Å²) in [5, 5.41) is 3.24. The molecule has 0 heterocycles. The normalized spacial score (nSPS) is 11.1. The Balaban J connectivity index is 2.98. The Bertz CT molecular complexity index is 477. The molecule has 92 valence electrons. The summed E-state index contributed by atoms with van der Waals surface area (Å²) in [6.07, 6.45) is 0. The van der Waals surface area contributed by atoms with Crippen LogP contribution in [0.3, 0.4) is 0 Å². The Kier molecular flexibility index (Phi) is 4.52. The monoisotopic (exact) mass is 334 g/mol. The van der Waals surface area contributed by atoms with Crippen LogP contribution in [0.25, 0.3) is 0 Å². The van der Waals surface area contributed by atoms with E-state index in [1.807, 2.05) is 0 Å². The summed E-state index contributed by atoms with van der Waals surface area (Å²) in [6, 6.07) is 4.99. The van der Waals surface area contributed by atoms with Gasteiger partial charge in [0.1, 0.15) is 0 Å². The van der Waals surface area contributed by atoms with Gasteiger partial charge in [-0.1, -0.05) is 23.8 Å². The smallest absolute Gasteiger partial charge is 0.253 e. The highest BCUT2D eigenvalue weighted by molar-refractivity contribution is 9.10. The fourth-order valence-corrected chi connectivity index (χ4v) is 1.73. The molecular weight excluding hydrogens is 324 g/mol. The van der Waals surface area contributed by atoms with Crippen LogP contribution < -0.4 is 11.1 Å². The van der Waals surface area contributed by atoms with Crippen molar-refractivity contribution in [2.45, 2.75) is 19.4 Å². The molecule has 0 saturated carbocycles. The molecule has 6 heteroatoms. The molecule has 1 amide bonds. The third-order valence-corrected chi connectivity index (χ3v) is 3.65. The minimum Gasteiger partial charge on any atom is -0.391 e. The van der Waals surface area contributed by atoms with Crippen LogP contribution >= 0.6 is 39.7 Å². The zero-order valence-corrected chi connectivity index (χ0v) is 12.5. The van der Waals surface area contributed by atoms with E-state index in [9.17, 15) is 4.79 Å². The molecule has 3 nitrogen and oxygen atoms in total. The number of halogens is 2. The molecular formula is C11H12BrClN2OS. The first-order chi connectivity index (χ1) is 7.74. The van der Waals surface area contributed by atoms with Crippen LogP contribution in [0.15, 0.2) is 22.7 Å². The third-order valence-electron chi connectivity index (χ3n) is 2.22. The average molecular weight is 336 g/mol. The van der Waals surface area contributed by atoms with Gasteiger partial charge in [0.2, 0.25) is 0 Å². The van der Waals surface area contributed by atoms with Gasteiger partial charge in [-0.15, -0.1) is 0 Å². The van der Waals surface area contributed by atoms with Gasteiger partial charge in [0, 0.05) is 9.50 Å². The maximum atomic E-state index is 12.0. The molecule has 0 aliphatic heterocycles. The van der Waals surface area contributed by atoms with Crippen LogP contribution in [0.2, 0.25) is 5.02 Å². The van der Waals surface area contributed by atoms with E-state index < -0.39 is 5.54 Å². The molecule has 0 bridgehead atoms. The molecule has 0 atom stereocenters. The lowest BCUT2D eigenvalue weighted by atomic mass is 10.0. The van der Waals surface area contributed by atoms with Crippen molar-refractivity contribution >= 4 is 50.6 Å². The number of rotatable bonds is 3. The Morgan fingerprint density at radius 3 is 2.65 bits per heavy atom. The van der Waals surface area contributed by atoms with Crippen molar-refractivity contribution in [2.75, 3.05) is 0 Å². The van der Waals surface area contributed by atoms with E-state index >= 15 is 0 Å². The topological polar surface area (TPSA) is 55.1 Å². The minimum absolute atomic E-state index is 0.226. The number of benzene rings is 1. The second-order valence-electron chi connectivity index (χ2n) is 4.07. The van der Waals surface area contributed by atoms with Crippen LogP contribution in [0, 0.1) is 0 Å². The first-order valence-electron chi connectivity index (χ1n) is 4.81. The van der Waals surface area contributed by atoms with Gasteiger partial charge in [-0.25, -0.2) is 0 Å². The van der Waals surface area contributed by atoms with Crippen molar-refractivity contribution in [1.29, 1.82) is 0 Å². The number of amides is 1. The summed E-state index contributed by atoms with van der Waals surface area (Å²) in [5.41, 5.74) is 5.25. The zero-order chi connectivity index (χ0) is 13.2. The van der Waals surface area contributed by atoms with E-state index in [4.69, 9.17) is 29.6 Å². The van der Waals surface area contributed by atoms with Gasteiger partial charge in [-0.2, -0.15) is 0 Å². The lowest BCUT2D eigenvalue weighted by Gasteiger charge is -2.25. The Morgan fingerprint density at radius 2 is 2.12 bits per heavy atom. The molecule has 1 rings (SSSR count). The molecule has 3 N–H and O–H groups in total. The Morgan fingerprint density at radius 1 is 1.53 bits per heavy atom. The Labute approximate surface area is 119 Å². The first kappa shape index (κ1) is 14.4. The molecule has 1 aromatic carbocycles. The summed E-state index contributed by atoms with van der Waals surface area (Å²) in [7, 11) is 0. The quantitative estimate of drug-likeness (QED) is 0.835. The van der Waals surface area contributed by atoms with Gasteiger partial charge >= 0.3 is 0 Å². The van der Waals surface area contributed by atoms with Gasteiger partial charge in [0.15, 0.2) is 0 Å². The van der Waals surface area contributed by atoms with Crippen molar-refractivity contribution in [3.05, 3.63) is 33.3 Å². The van der Waals surface area contributed by atoms with Crippen LogP contribution in [0.1, 0.15) is 24.2 Å². The molecule has 0 unspecified atom stereocenters. The molecule has 17 heavy (non-hydrogen) atoms. The molecule has 0 saturated heterocycles. The number of hydrogen-bond acceptors (Lipinski definition) is 2. The highest BCUT2D eigenvalue weighted by atomic mass is 79.9. The summed E-state index contributed by atoms with van der Waals surface area (Å²) in [6.45, 7) is 3.48. The van der Waals surface area contributed by atoms with Gasteiger partial charge in [0.25, 0.3) is 5.91 Å². The Hall–Kier alpha value is -0.650. The lowest BCUT2D eigenvalue weighted by molar-refractivity contribution is 0.0931. The zero-order valence-electron chi connectivity index (χ0n) is 9.38. The number of nitrogens with two attached hydrogens (primary N) is 1. The highest BCUT2D eigenvalue weighted by Gasteiger charge is 2.25. The molecule has 0 aromatic heterocycles. The van der Waals surface area contributed by atoms with E-state index in [2.05, 4.69) is 21.2 Å². The maximum absolute atomic E-state index is 12.0. The van der Waals surface area contributed by atoms with Crippen LogP contribution in [0.4, 0.5) is 0 Å². The standard InChI is InChI=1S/C11H12BrClN2OS/c1-11(2,10(14)17)15-9(16)7-5-6(13)3-4-8(7)12/h3-5H,1-2H3,(H2,14,17)(H,15,16). The molecule has 0 aliphatic carbocycles. The predicted octanol–water partition coefficient (Wildman–Crippen LogP) is 2.90. The molecule has 0 aliphatic rings. The van der Waals surface area contributed by atoms with Crippen molar-refractivity contribution in [3.8, 4) is 0 Å². The molecule has 1 aromatic rings. The van der Waals surface area contributed by atoms with Gasteiger partial charge in [0.05, 0.1) is 16.1 Å². The van der Waals surface area contributed by atoms with E-state index in [0.29, 0.717) is 15.1 Å². The van der Waals surface area contributed by atoms with Crippen molar-refractivity contribution < 1.29 is 4.79 Å². The summed E-state index contributed by atoms with van der Waals surface area (Å²) < 4.78 is 0.665. The lowest BCUT2D eigenvalue weighted by Crippen LogP contribution is -2.52. The van der Waals surface area contributed by atoms with Crippen LogP contribution in [-0.4, -0.2) is 16.4 Å². The van der Waals surface area contributed by atoms with Crippen LogP contribution in [0.5, 0.6) is 0 Å². The summed E-state index contributed by atoms with van der Waals surface area (Å²) in [4.78, 5) is 12.2. The second-order valence-corrected chi connectivity index (χ2v) is 5.80. The summed E-state index contributed by atoms with van der Waals surface area (Å²) in [5.74, 6) is -0.280. The number of hydrogen-bond donors (Lipinski definition) is 2.